The van der Waals surface area contributed by atoms with E-state index < -0.39 is 5.91 Å². The van der Waals surface area contributed by atoms with Crippen molar-refractivity contribution in [1.29, 1.82) is 0 Å². The molecule has 0 saturated heterocycles. The molecule has 0 bridgehead atoms. The summed E-state index contributed by atoms with van der Waals surface area (Å²) in [7, 11) is 1.51. The van der Waals surface area contributed by atoms with Crippen molar-refractivity contribution < 1.29 is 18.7 Å². The van der Waals surface area contributed by atoms with Crippen molar-refractivity contribution in [3.8, 4) is 11.5 Å². The number of ether oxygens (including phenoxy) is 2. The Labute approximate surface area is 132 Å². The molecule has 2 rings (SSSR count). The smallest absolute Gasteiger partial charge is 0.307 e. The Kier molecular flexibility index (Phi) is 5.43. The van der Waals surface area contributed by atoms with Gasteiger partial charge in [0.2, 0.25) is 0 Å². The van der Waals surface area contributed by atoms with Gasteiger partial charge in [-0.2, -0.15) is 5.10 Å². The van der Waals surface area contributed by atoms with Crippen LogP contribution in [0.3, 0.4) is 0 Å². The first-order valence-electron chi connectivity index (χ1n) is 6.53. The number of nitrogens with zero attached hydrogens (tertiary/aromatic N) is 1. The predicted molar refractivity (Wildman–Crippen MR) is 82.9 cm³/mol. The van der Waals surface area contributed by atoms with Crippen molar-refractivity contribution in [2.24, 2.45) is 5.10 Å². The lowest BCUT2D eigenvalue weighted by atomic mass is 10.2. The van der Waals surface area contributed by atoms with Gasteiger partial charge in [0, 0.05) is 0 Å². The summed E-state index contributed by atoms with van der Waals surface area (Å²) in [5.41, 5.74) is 3.02. The van der Waals surface area contributed by atoms with Gasteiger partial charge in [-0.25, -0.2) is 5.43 Å². The first kappa shape index (κ1) is 15.9. The van der Waals surface area contributed by atoms with E-state index in [1.165, 1.54) is 19.6 Å². The van der Waals surface area contributed by atoms with Crippen molar-refractivity contribution in [2.75, 3.05) is 13.7 Å². The molecule has 0 spiro atoms. The number of carbonyl (C=O) groups excluding carboxylic acids is 1. The fraction of sp³-hybridized carbons (Fsp3) is 0.200. The molecular weight excluding hydrogens is 308 g/mol. The highest BCUT2D eigenvalue weighted by Gasteiger charge is 2.11. The van der Waals surface area contributed by atoms with Gasteiger partial charge < -0.3 is 13.9 Å². The zero-order valence-corrected chi connectivity index (χ0v) is 12.9. The average Bonchev–Trinajstić information content (AvgIpc) is 3.01. The first-order chi connectivity index (χ1) is 10.7. The minimum absolute atomic E-state index is 0.180. The van der Waals surface area contributed by atoms with Gasteiger partial charge in [-0.05, 0) is 36.8 Å². The summed E-state index contributed by atoms with van der Waals surface area (Å²) < 4.78 is 15.6. The predicted octanol–water partition coefficient (Wildman–Crippen LogP) is 3.10. The van der Waals surface area contributed by atoms with Crippen LogP contribution in [0, 0.1) is 0 Å². The van der Waals surface area contributed by atoms with Crippen molar-refractivity contribution in [3.63, 3.8) is 0 Å². The fourth-order valence-corrected chi connectivity index (χ4v) is 2.05. The van der Waals surface area contributed by atoms with Crippen molar-refractivity contribution in [1.82, 2.24) is 5.43 Å². The van der Waals surface area contributed by atoms with Gasteiger partial charge >= 0.3 is 5.91 Å². The summed E-state index contributed by atoms with van der Waals surface area (Å²) in [6.07, 6.45) is 2.87. The Morgan fingerprint density at radius 1 is 1.50 bits per heavy atom. The van der Waals surface area contributed by atoms with Crippen LogP contribution >= 0.6 is 11.6 Å². The highest BCUT2D eigenvalue weighted by atomic mass is 35.5. The van der Waals surface area contributed by atoms with Gasteiger partial charge in [0.1, 0.15) is 0 Å². The van der Waals surface area contributed by atoms with Gasteiger partial charge in [-0.3, -0.25) is 4.79 Å². The number of benzene rings is 1. The van der Waals surface area contributed by atoms with E-state index in [0.717, 1.165) is 0 Å². The molecule has 7 heteroatoms. The lowest BCUT2D eigenvalue weighted by Crippen LogP contribution is -2.16. The van der Waals surface area contributed by atoms with E-state index in [9.17, 15) is 4.79 Å². The van der Waals surface area contributed by atoms with E-state index in [0.29, 0.717) is 28.7 Å². The summed E-state index contributed by atoms with van der Waals surface area (Å²) >= 11 is 6.12. The van der Waals surface area contributed by atoms with Crippen LogP contribution in [-0.2, 0) is 0 Å². The molecule has 1 aromatic carbocycles. The number of halogens is 1. The third-order valence-corrected chi connectivity index (χ3v) is 2.94. The second-order valence-electron chi connectivity index (χ2n) is 4.14. The molecule has 0 saturated carbocycles. The molecule has 0 aliphatic carbocycles. The lowest BCUT2D eigenvalue weighted by Gasteiger charge is -2.11. The summed E-state index contributed by atoms with van der Waals surface area (Å²) in [6.45, 7) is 2.33. The molecule has 1 N–H and O–H groups in total. The number of hydrogen-bond acceptors (Lipinski definition) is 5. The molecule has 1 amide bonds. The second-order valence-corrected chi connectivity index (χ2v) is 4.55. The number of hydrogen-bond donors (Lipinski definition) is 1. The number of carbonyl (C=O) groups is 1. The Hall–Kier alpha value is -2.47. The molecule has 1 heterocycles. The Bertz CT molecular complexity index is 668. The minimum Gasteiger partial charge on any atom is -0.491 e. The van der Waals surface area contributed by atoms with Crippen LogP contribution in [0.4, 0.5) is 0 Å². The number of furan rings is 1. The van der Waals surface area contributed by atoms with Gasteiger partial charge in [0.05, 0.1) is 31.2 Å². The molecule has 6 nitrogen and oxygen atoms in total. The van der Waals surface area contributed by atoms with Crippen LogP contribution in [0.25, 0.3) is 0 Å². The van der Waals surface area contributed by atoms with E-state index in [1.54, 1.807) is 24.3 Å². The molecule has 116 valence electrons. The van der Waals surface area contributed by atoms with Crippen molar-refractivity contribution >= 4 is 23.7 Å². The van der Waals surface area contributed by atoms with Crippen molar-refractivity contribution in [3.05, 3.63) is 46.9 Å². The quantitative estimate of drug-likeness (QED) is 0.655. The number of methoxy groups -OCH3 is 1. The zero-order valence-electron chi connectivity index (χ0n) is 12.1. The molecule has 2 aromatic rings. The maximum Gasteiger partial charge on any atom is 0.307 e. The van der Waals surface area contributed by atoms with E-state index in [2.05, 4.69) is 10.5 Å². The molecule has 0 atom stereocenters. The van der Waals surface area contributed by atoms with Crippen LogP contribution in [0.5, 0.6) is 11.5 Å². The lowest BCUT2D eigenvalue weighted by molar-refractivity contribution is 0.0927. The number of rotatable bonds is 6. The molecule has 0 radical (unpaired) electrons. The van der Waals surface area contributed by atoms with Crippen LogP contribution in [0.1, 0.15) is 23.0 Å². The molecule has 0 aliphatic heterocycles. The summed E-state index contributed by atoms with van der Waals surface area (Å²) in [4.78, 5) is 11.6. The number of nitrogens with one attached hydrogen (secondary N) is 1. The van der Waals surface area contributed by atoms with E-state index >= 15 is 0 Å². The molecule has 0 fully saturated rings. The SMILES string of the molecule is CCOc1cc(/C=N\NC(=O)c2ccco2)cc(Cl)c1OC. The molecule has 22 heavy (non-hydrogen) atoms. The first-order valence-corrected chi connectivity index (χ1v) is 6.90. The van der Waals surface area contributed by atoms with Gasteiger partial charge in [-0.1, -0.05) is 11.6 Å². The second kappa shape index (κ2) is 7.51. The molecule has 0 aliphatic rings. The Morgan fingerprint density at radius 3 is 2.95 bits per heavy atom. The highest BCUT2D eigenvalue weighted by Crippen LogP contribution is 2.35. The van der Waals surface area contributed by atoms with Crippen LogP contribution in [-0.4, -0.2) is 25.8 Å². The standard InChI is InChI=1S/C15H15ClN2O4/c1-3-21-13-8-10(7-11(16)14(13)20-2)9-17-18-15(19)12-5-4-6-22-12/h4-9H,3H2,1-2H3,(H,18,19)/b17-9-. The maximum atomic E-state index is 11.6. The topological polar surface area (TPSA) is 73.1 Å². The maximum absolute atomic E-state index is 11.6. The van der Waals surface area contributed by atoms with Gasteiger partial charge in [0.15, 0.2) is 17.3 Å². The summed E-state index contributed by atoms with van der Waals surface area (Å²) in [5.74, 6) is 0.711. The normalized spacial score (nSPS) is 10.7. The third-order valence-electron chi connectivity index (χ3n) is 2.66. The number of amides is 1. The third kappa shape index (κ3) is 3.79. The Morgan fingerprint density at radius 2 is 2.32 bits per heavy atom. The monoisotopic (exact) mass is 322 g/mol. The Balaban J connectivity index is 2.12. The van der Waals surface area contributed by atoms with E-state index in [-0.39, 0.29) is 5.76 Å². The zero-order chi connectivity index (χ0) is 15.9. The van der Waals surface area contributed by atoms with Crippen LogP contribution in [0.2, 0.25) is 5.02 Å². The summed E-state index contributed by atoms with van der Waals surface area (Å²) in [6, 6.07) is 6.54. The van der Waals surface area contributed by atoms with Crippen LogP contribution in [0.15, 0.2) is 40.0 Å². The van der Waals surface area contributed by atoms with Gasteiger partial charge in [0.25, 0.3) is 0 Å². The van der Waals surface area contributed by atoms with E-state index in [4.69, 9.17) is 25.5 Å². The largest absolute Gasteiger partial charge is 0.491 e. The fourth-order valence-electron chi connectivity index (χ4n) is 1.75. The minimum atomic E-state index is -0.439. The molecule has 0 unspecified atom stereocenters. The molecular formula is C15H15ClN2O4. The average molecular weight is 323 g/mol. The van der Waals surface area contributed by atoms with Crippen LogP contribution < -0.4 is 14.9 Å². The van der Waals surface area contributed by atoms with Gasteiger partial charge in [-0.15, -0.1) is 0 Å². The summed E-state index contributed by atoms with van der Waals surface area (Å²) in [5, 5.41) is 4.25. The van der Waals surface area contributed by atoms with E-state index in [1.807, 2.05) is 6.92 Å². The number of hydrazone groups is 1. The molecule has 1 aromatic heterocycles. The van der Waals surface area contributed by atoms with Crippen molar-refractivity contribution in [2.45, 2.75) is 6.92 Å². The highest BCUT2D eigenvalue weighted by molar-refractivity contribution is 6.32.